The Morgan fingerprint density at radius 3 is 2.68 bits per heavy atom. The average molecular weight is 260 g/mol. The van der Waals surface area contributed by atoms with Crippen molar-refractivity contribution >= 4 is 22.8 Å². The molecule has 98 valence electrons. The van der Waals surface area contributed by atoms with Crippen LogP contribution >= 0.6 is 0 Å². The van der Waals surface area contributed by atoms with Crippen LogP contribution in [0.4, 0.5) is 0 Å². The SMILES string of the molecule is CC(NC(=O)c1cc(=O)[nH]c2ccccc12)C(=O)O. The number of hydrogen-bond donors (Lipinski definition) is 3. The van der Waals surface area contributed by atoms with Gasteiger partial charge in [-0.15, -0.1) is 0 Å². The number of carbonyl (C=O) groups is 2. The smallest absolute Gasteiger partial charge is 0.325 e. The van der Waals surface area contributed by atoms with Crippen LogP contribution in [0, 0.1) is 0 Å². The van der Waals surface area contributed by atoms with Crippen LogP contribution < -0.4 is 10.9 Å². The number of nitrogens with one attached hydrogen (secondary N) is 2. The molecule has 0 saturated heterocycles. The van der Waals surface area contributed by atoms with E-state index < -0.39 is 23.5 Å². The van der Waals surface area contributed by atoms with Crippen LogP contribution in [-0.2, 0) is 4.79 Å². The van der Waals surface area contributed by atoms with Crippen LogP contribution in [0.3, 0.4) is 0 Å². The average Bonchev–Trinajstić information content (AvgIpc) is 2.37. The third-order valence-corrected chi connectivity index (χ3v) is 2.71. The number of pyridine rings is 1. The number of aliphatic carboxylic acids is 1. The Hall–Kier alpha value is -2.63. The van der Waals surface area contributed by atoms with E-state index in [4.69, 9.17) is 5.11 Å². The number of carboxylic acid groups (broad SMARTS) is 1. The summed E-state index contributed by atoms with van der Waals surface area (Å²) < 4.78 is 0. The minimum atomic E-state index is -1.14. The maximum Gasteiger partial charge on any atom is 0.325 e. The number of fused-ring (bicyclic) bond motifs is 1. The summed E-state index contributed by atoms with van der Waals surface area (Å²) in [6, 6.07) is 6.97. The molecule has 1 heterocycles. The number of benzene rings is 1. The van der Waals surface area contributed by atoms with E-state index >= 15 is 0 Å². The number of carbonyl (C=O) groups excluding carboxylic acids is 1. The molecule has 2 rings (SSSR count). The van der Waals surface area contributed by atoms with Crippen molar-refractivity contribution < 1.29 is 14.7 Å². The lowest BCUT2D eigenvalue weighted by atomic mass is 10.1. The number of carboxylic acids is 1. The lowest BCUT2D eigenvalue weighted by Crippen LogP contribution is -2.38. The van der Waals surface area contributed by atoms with Gasteiger partial charge in [-0.05, 0) is 13.0 Å². The van der Waals surface area contributed by atoms with E-state index in [1.54, 1.807) is 24.3 Å². The predicted molar refractivity (Wildman–Crippen MR) is 69.1 cm³/mol. The van der Waals surface area contributed by atoms with Gasteiger partial charge in [0.25, 0.3) is 5.91 Å². The number of H-pyrrole nitrogens is 1. The molecule has 0 saturated carbocycles. The fourth-order valence-electron chi connectivity index (χ4n) is 1.73. The first-order chi connectivity index (χ1) is 8.99. The van der Waals surface area contributed by atoms with E-state index in [2.05, 4.69) is 10.3 Å². The summed E-state index contributed by atoms with van der Waals surface area (Å²) in [5.74, 6) is -1.72. The molecule has 6 heteroatoms. The molecular formula is C13H12N2O4. The van der Waals surface area contributed by atoms with Gasteiger partial charge in [0.15, 0.2) is 0 Å². The summed E-state index contributed by atoms with van der Waals surface area (Å²) in [5.41, 5.74) is 0.280. The molecule has 0 bridgehead atoms. The number of rotatable bonds is 3. The predicted octanol–water partition coefficient (Wildman–Crippen LogP) is 0.731. The minimum absolute atomic E-state index is 0.160. The highest BCUT2D eigenvalue weighted by atomic mass is 16.4. The van der Waals surface area contributed by atoms with Gasteiger partial charge in [-0.1, -0.05) is 18.2 Å². The van der Waals surface area contributed by atoms with Crippen molar-refractivity contribution in [3.63, 3.8) is 0 Å². The number of amides is 1. The zero-order valence-electron chi connectivity index (χ0n) is 10.1. The summed E-state index contributed by atoms with van der Waals surface area (Å²) >= 11 is 0. The molecule has 0 aliphatic rings. The molecule has 3 N–H and O–H groups in total. The van der Waals surface area contributed by atoms with E-state index in [0.29, 0.717) is 10.9 Å². The lowest BCUT2D eigenvalue weighted by Gasteiger charge is -2.10. The molecule has 1 aromatic carbocycles. The van der Waals surface area contributed by atoms with Crippen molar-refractivity contribution in [2.75, 3.05) is 0 Å². The van der Waals surface area contributed by atoms with E-state index in [-0.39, 0.29) is 5.56 Å². The van der Waals surface area contributed by atoms with Crippen molar-refractivity contribution in [3.8, 4) is 0 Å². The number of aromatic nitrogens is 1. The van der Waals surface area contributed by atoms with Crippen LogP contribution in [-0.4, -0.2) is 28.0 Å². The lowest BCUT2D eigenvalue weighted by molar-refractivity contribution is -0.138. The molecule has 0 radical (unpaired) electrons. The van der Waals surface area contributed by atoms with Gasteiger partial charge < -0.3 is 15.4 Å². The highest BCUT2D eigenvalue weighted by Gasteiger charge is 2.17. The summed E-state index contributed by atoms with van der Waals surface area (Å²) in [6.45, 7) is 1.36. The maximum atomic E-state index is 12.0. The quantitative estimate of drug-likeness (QED) is 0.757. The Kier molecular flexibility index (Phi) is 3.33. The highest BCUT2D eigenvalue weighted by Crippen LogP contribution is 2.14. The molecule has 1 amide bonds. The number of para-hydroxylation sites is 1. The van der Waals surface area contributed by atoms with Crippen molar-refractivity contribution in [3.05, 3.63) is 46.2 Å². The van der Waals surface area contributed by atoms with Gasteiger partial charge in [0.1, 0.15) is 6.04 Å². The van der Waals surface area contributed by atoms with Gasteiger partial charge in [0.2, 0.25) is 5.56 Å². The first-order valence-corrected chi connectivity index (χ1v) is 5.65. The third-order valence-electron chi connectivity index (χ3n) is 2.71. The molecule has 2 aromatic rings. The van der Waals surface area contributed by atoms with E-state index in [1.807, 2.05) is 0 Å². The second-order valence-corrected chi connectivity index (χ2v) is 4.13. The Balaban J connectivity index is 2.47. The van der Waals surface area contributed by atoms with Crippen LogP contribution in [0.1, 0.15) is 17.3 Å². The van der Waals surface area contributed by atoms with E-state index in [9.17, 15) is 14.4 Å². The normalized spacial score (nSPS) is 12.1. The second-order valence-electron chi connectivity index (χ2n) is 4.13. The largest absolute Gasteiger partial charge is 0.480 e. The van der Waals surface area contributed by atoms with Crippen molar-refractivity contribution in [1.82, 2.24) is 10.3 Å². The van der Waals surface area contributed by atoms with Crippen LogP contribution in [0.15, 0.2) is 35.1 Å². The monoisotopic (exact) mass is 260 g/mol. The Morgan fingerprint density at radius 1 is 1.32 bits per heavy atom. The third kappa shape index (κ3) is 2.62. The van der Waals surface area contributed by atoms with Gasteiger partial charge in [-0.2, -0.15) is 0 Å². The molecule has 1 unspecified atom stereocenters. The Bertz CT molecular complexity index is 705. The zero-order valence-corrected chi connectivity index (χ0v) is 10.1. The summed E-state index contributed by atoms with van der Waals surface area (Å²) in [4.78, 5) is 36.8. The molecule has 0 spiro atoms. The van der Waals surface area contributed by atoms with Gasteiger partial charge in [-0.25, -0.2) is 0 Å². The zero-order chi connectivity index (χ0) is 14.0. The molecule has 0 fully saturated rings. The van der Waals surface area contributed by atoms with E-state index in [1.165, 1.54) is 6.92 Å². The molecule has 0 aliphatic heterocycles. The van der Waals surface area contributed by atoms with Gasteiger partial charge in [-0.3, -0.25) is 14.4 Å². The standard InChI is InChI=1S/C13H12N2O4/c1-7(13(18)19)14-12(17)9-6-11(16)15-10-5-3-2-4-8(9)10/h2-7H,1H3,(H,14,17)(H,15,16)(H,18,19). The molecule has 0 aliphatic carbocycles. The number of hydrogen-bond acceptors (Lipinski definition) is 3. The van der Waals surface area contributed by atoms with Crippen molar-refractivity contribution in [2.24, 2.45) is 0 Å². The van der Waals surface area contributed by atoms with Crippen LogP contribution in [0.25, 0.3) is 10.9 Å². The summed E-state index contributed by atoms with van der Waals surface area (Å²) in [6.07, 6.45) is 0. The van der Waals surface area contributed by atoms with Crippen molar-refractivity contribution in [1.29, 1.82) is 0 Å². The van der Waals surface area contributed by atoms with Crippen LogP contribution in [0.5, 0.6) is 0 Å². The Labute approximate surface area is 108 Å². The molecule has 19 heavy (non-hydrogen) atoms. The highest BCUT2D eigenvalue weighted by molar-refractivity contribution is 6.06. The molecule has 1 atom stereocenters. The minimum Gasteiger partial charge on any atom is -0.480 e. The fraction of sp³-hybridized carbons (Fsp3) is 0.154. The maximum absolute atomic E-state index is 12.0. The first kappa shape index (κ1) is 12.8. The second kappa shape index (κ2) is 4.93. The van der Waals surface area contributed by atoms with Gasteiger partial charge >= 0.3 is 5.97 Å². The molecule has 6 nitrogen and oxygen atoms in total. The summed E-state index contributed by atoms with van der Waals surface area (Å²) in [5, 5.41) is 11.7. The summed E-state index contributed by atoms with van der Waals surface area (Å²) in [7, 11) is 0. The Morgan fingerprint density at radius 2 is 2.00 bits per heavy atom. The number of aromatic amines is 1. The van der Waals surface area contributed by atoms with Gasteiger partial charge in [0, 0.05) is 17.0 Å². The molecule has 1 aromatic heterocycles. The topological polar surface area (TPSA) is 99.3 Å². The first-order valence-electron chi connectivity index (χ1n) is 5.65. The van der Waals surface area contributed by atoms with Gasteiger partial charge in [0.05, 0.1) is 5.56 Å². The van der Waals surface area contributed by atoms with Crippen LogP contribution in [0.2, 0.25) is 0 Å². The van der Waals surface area contributed by atoms with Crippen molar-refractivity contribution in [2.45, 2.75) is 13.0 Å². The van der Waals surface area contributed by atoms with E-state index in [0.717, 1.165) is 6.07 Å². The molecular weight excluding hydrogens is 248 g/mol. The fourth-order valence-corrected chi connectivity index (χ4v) is 1.73.